The van der Waals surface area contributed by atoms with E-state index in [-0.39, 0.29) is 5.91 Å². The van der Waals surface area contributed by atoms with Crippen LogP contribution in [0.2, 0.25) is 0 Å². The Labute approximate surface area is 126 Å². The predicted octanol–water partition coefficient (Wildman–Crippen LogP) is 1.91. The summed E-state index contributed by atoms with van der Waals surface area (Å²) in [5, 5.41) is 6.19. The van der Waals surface area contributed by atoms with Gasteiger partial charge in [0, 0.05) is 37.1 Å². The first-order valence-corrected chi connectivity index (χ1v) is 7.81. The molecule has 4 N–H and O–H groups in total. The number of hydrogen-bond donors (Lipinski definition) is 3. The van der Waals surface area contributed by atoms with Crippen LogP contribution in [0.25, 0.3) is 0 Å². The van der Waals surface area contributed by atoms with Crippen molar-refractivity contribution in [3.05, 3.63) is 23.8 Å². The summed E-state index contributed by atoms with van der Waals surface area (Å²) in [7, 11) is 0. The number of anilines is 2. The summed E-state index contributed by atoms with van der Waals surface area (Å²) in [5.41, 5.74) is 7.97. The fraction of sp³-hybridized carbons (Fsp3) is 0.562. The molecule has 0 unspecified atom stereocenters. The monoisotopic (exact) mass is 290 g/mol. The van der Waals surface area contributed by atoms with Gasteiger partial charge in [0.2, 0.25) is 0 Å². The fourth-order valence-corrected chi connectivity index (χ4v) is 2.53. The number of benzene rings is 1. The summed E-state index contributed by atoms with van der Waals surface area (Å²) >= 11 is 0. The minimum atomic E-state index is -0.0606. The topological polar surface area (TPSA) is 70.4 Å². The third-order valence-corrected chi connectivity index (χ3v) is 3.81. The van der Waals surface area contributed by atoms with Crippen LogP contribution in [-0.4, -0.2) is 43.0 Å². The average molecular weight is 290 g/mol. The van der Waals surface area contributed by atoms with E-state index in [1.807, 2.05) is 13.0 Å². The highest BCUT2D eigenvalue weighted by Gasteiger charge is 2.27. The van der Waals surface area contributed by atoms with Gasteiger partial charge >= 0.3 is 0 Å². The van der Waals surface area contributed by atoms with Crippen LogP contribution in [0.1, 0.15) is 37.0 Å². The van der Waals surface area contributed by atoms with Crippen molar-refractivity contribution in [2.45, 2.75) is 32.7 Å². The average Bonchev–Trinajstić information content (AvgIpc) is 3.28. The molecule has 1 saturated carbocycles. The maximum atomic E-state index is 12.0. The normalized spacial score (nSPS) is 14.2. The highest BCUT2D eigenvalue weighted by molar-refractivity contribution is 6.00. The molecule has 1 aliphatic carbocycles. The first-order valence-electron chi connectivity index (χ1n) is 7.81. The zero-order valence-corrected chi connectivity index (χ0v) is 13.0. The minimum Gasteiger partial charge on any atom is -0.399 e. The summed E-state index contributed by atoms with van der Waals surface area (Å²) in [4.78, 5) is 14.5. The number of carbonyl (C=O) groups is 1. The second-order valence-electron chi connectivity index (χ2n) is 5.45. The lowest BCUT2D eigenvalue weighted by atomic mass is 10.1. The zero-order chi connectivity index (χ0) is 15.2. The number of nitrogens with zero attached hydrogens (tertiary/aromatic N) is 1. The third kappa shape index (κ3) is 4.36. The molecular weight excluding hydrogens is 264 g/mol. The lowest BCUT2D eigenvalue weighted by molar-refractivity contribution is 0.0956. The maximum absolute atomic E-state index is 12.0. The van der Waals surface area contributed by atoms with Gasteiger partial charge < -0.3 is 16.4 Å². The first-order chi connectivity index (χ1) is 10.2. The molecule has 0 heterocycles. The quantitative estimate of drug-likeness (QED) is 0.640. The Morgan fingerprint density at radius 1 is 1.38 bits per heavy atom. The van der Waals surface area contributed by atoms with Crippen molar-refractivity contribution in [2.24, 2.45) is 0 Å². The van der Waals surface area contributed by atoms with E-state index in [4.69, 9.17) is 5.73 Å². The van der Waals surface area contributed by atoms with E-state index in [2.05, 4.69) is 22.5 Å². The van der Waals surface area contributed by atoms with Crippen LogP contribution in [0.4, 0.5) is 11.4 Å². The van der Waals surface area contributed by atoms with Gasteiger partial charge in [0.25, 0.3) is 5.91 Å². The van der Waals surface area contributed by atoms with E-state index in [0.717, 1.165) is 31.4 Å². The number of hydrogen-bond acceptors (Lipinski definition) is 4. The molecule has 1 aromatic rings. The molecular formula is C16H26N4O. The van der Waals surface area contributed by atoms with Crippen molar-refractivity contribution in [3.8, 4) is 0 Å². The van der Waals surface area contributed by atoms with Crippen LogP contribution >= 0.6 is 0 Å². The van der Waals surface area contributed by atoms with Gasteiger partial charge in [-0.25, -0.2) is 0 Å². The summed E-state index contributed by atoms with van der Waals surface area (Å²) in [5.74, 6) is -0.0606. The zero-order valence-electron chi connectivity index (χ0n) is 13.0. The molecule has 1 aliphatic rings. The maximum Gasteiger partial charge on any atom is 0.253 e. The van der Waals surface area contributed by atoms with Gasteiger partial charge in [-0.05, 0) is 44.5 Å². The molecule has 0 saturated heterocycles. The SMILES string of the molecule is CCNC(=O)c1ccc(N)cc1NCCN(CC)C1CC1. The van der Waals surface area contributed by atoms with E-state index in [0.29, 0.717) is 17.8 Å². The van der Waals surface area contributed by atoms with E-state index in [1.54, 1.807) is 12.1 Å². The number of nitrogens with one attached hydrogen (secondary N) is 2. The minimum absolute atomic E-state index is 0.0606. The Hall–Kier alpha value is -1.75. The number of rotatable bonds is 8. The molecule has 0 radical (unpaired) electrons. The number of nitrogen functional groups attached to an aromatic ring is 1. The van der Waals surface area contributed by atoms with Gasteiger partial charge in [0.05, 0.1) is 5.56 Å². The van der Waals surface area contributed by atoms with Crippen molar-refractivity contribution < 1.29 is 4.79 Å². The molecule has 21 heavy (non-hydrogen) atoms. The Morgan fingerprint density at radius 3 is 2.76 bits per heavy atom. The van der Waals surface area contributed by atoms with Gasteiger partial charge in [-0.2, -0.15) is 0 Å². The van der Waals surface area contributed by atoms with Crippen LogP contribution in [0, 0.1) is 0 Å². The molecule has 1 fully saturated rings. The molecule has 5 heteroatoms. The summed E-state index contributed by atoms with van der Waals surface area (Å²) in [6, 6.07) is 6.14. The van der Waals surface area contributed by atoms with Crippen molar-refractivity contribution in [2.75, 3.05) is 37.2 Å². The highest BCUT2D eigenvalue weighted by atomic mass is 16.1. The Bertz CT molecular complexity index is 485. The lowest BCUT2D eigenvalue weighted by Crippen LogP contribution is -2.31. The molecule has 5 nitrogen and oxygen atoms in total. The largest absolute Gasteiger partial charge is 0.399 e. The molecule has 0 aliphatic heterocycles. The molecule has 0 spiro atoms. The van der Waals surface area contributed by atoms with E-state index in [1.165, 1.54) is 12.8 Å². The van der Waals surface area contributed by atoms with Gasteiger partial charge in [-0.1, -0.05) is 6.92 Å². The molecule has 1 amide bonds. The first kappa shape index (κ1) is 15.6. The Balaban J connectivity index is 1.97. The predicted molar refractivity (Wildman–Crippen MR) is 87.6 cm³/mol. The molecule has 2 rings (SSSR count). The Kier molecular flexibility index (Phi) is 5.44. The summed E-state index contributed by atoms with van der Waals surface area (Å²) < 4.78 is 0. The molecule has 0 aromatic heterocycles. The van der Waals surface area contributed by atoms with Crippen molar-refractivity contribution in [3.63, 3.8) is 0 Å². The van der Waals surface area contributed by atoms with Crippen molar-refractivity contribution in [1.82, 2.24) is 10.2 Å². The fourth-order valence-electron chi connectivity index (χ4n) is 2.53. The van der Waals surface area contributed by atoms with Crippen LogP contribution in [0.15, 0.2) is 18.2 Å². The number of likely N-dealkylation sites (N-methyl/N-ethyl adjacent to an activating group) is 1. The van der Waals surface area contributed by atoms with Crippen LogP contribution in [-0.2, 0) is 0 Å². The van der Waals surface area contributed by atoms with Gasteiger partial charge in [-0.15, -0.1) is 0 Å². The summed E-state index contributed by atoms with van der Waals surface area (Å²) in [6.45, 7) is 7.61. The smallest absolute Gasteiger partial charge is 0.253 e. The van der Waals surface area contributed by atoms with E-state index in [9.17, 15) is 4.79 Å². The number of nitrogens with two attached hydrogens (primary N) is 1. The second kappa shape index (κ2) is 7.31. The molecule has 1 aromatic carbocycles. The molecule has 116 valence electrons. The lowest BCUT2D eigenvalue weighted by Gasteiger charge is -2.21. The van der Waals surface area contributed by atoms with Crippen molar-refractivity contribution in [1.29, 1.82) is 0 Å². The van der Waals surface area contributed by atoms with E-state index < -0.39 is 0 Å². The van der Waals surface area contributed by atoms with Gasteiger partial charge in [0.15, 0.2) is 0 Å². The van der Waals surface area contributed by atoms with Crippen molar-refractivity contribution >= 4 is 17.3 Å². The standard InChI is InChI=1S/C16H26N4O/c1-3-18-16(21)14-8-5-12(17)11-15(14)19-9-10-20(4-2)13-6-7-13/h5,8,11,13,19H,3-4,6-7,9-10,17H2,1-2H3,(H,18,21). The highest BCUT2D eigenvalue weighted by Crippen LogP contribution is 2.26. The second-order valence-corrected chi connectivity index (χ2v) is 5.45. The Morgan fingerprint density at radius 2 is 2.14 bits per heavy atom. The number of amides is 1. The van der Waals surface area contributed by atoms with Crippen LogP contribution in [0.5, 0.6) is 0 Å². The van der Waals surface area contributed by atoms with Gasteiger partial charge in [0.1, 0.15) is 0 Å². The third-order valence-electron chi connectivity index (χ3n) is 3.81. The summed E-state index contributed by atoms with van der Waals surface area (Å²) in [6.07, 6.45) is 2.63. The van der Waals surface area contributed by atoms with E-state index >= 15 is 0 Å². The number of carbonyl (C=O) groups excluding carboxylic acids is 1. The molecule has 0 atom stereocenters. The van der Waals surface area contributed by atoms with Crippen LogP contribution < -0.4 is 16.4 Å². The molecule has 0 bridgehead atoms. The van der Waals surface area contributed by atoms with Gasteiger partial charge in [-0.3, -0.25) is 9.69 Å². The van der Waals surface area contributed by atoms with Crippen LogP contribution in [0.3, 0.4) is 0 Å².